The van der Waals surface area contributed by atoms with E-state index in [1.807, 2.05) is 0 Å². The van der Waals surface area contributed by atoms with Gasteiger partial charge < -0.3 is 33.2 Å². The Kier molecular flexibility index (Phi) is 9.80. The van der Waals surface area contributed by atoms with Crippen LogP contribution in [0.25, 0.3) is 0 Å². The van der Waals surface area contributed by atoms with Crippen molar-refractivity contribution in [1.82, 2.24) is 0 Å². The van der Waals surface area contributed by atoms with Crippen LogP contribution in [-0.4, -0.2) is 67.3 Å². The zero-order valence-electron chi connectivity index (χ0n) is 19.1. The highest BCUT2D eigenvalue weighted by atomic mass is 16.8. The molecule has 12 heteroatoms. The summed E-state index contributed by atoms with van der Waals surface area (Å²) in [4.78, 5) is 58.9. The maximum absolute atomic E-state index is 12.3. The van der Waals surface area contributed by atoms with Gasteiger partial charge >= 0.3 is 30.0 Å². The van der Waals surface area contributed by atoms with Crippen molar-refractivity contribution in [3.63, 3.8) is 0 Å². The second-order valence-corrected chi connectivity index (χ2v) is 7.21. The lowest BCUT2D eigenvalue weighted by atomic mass is 9.98. The van der Waals surface area contributed by atoms with Crippen LogP contribution in [0, 0.1) is 0 Å². The minimum Gasteiger partial charge on any atom is -0.463 e. The molecule has 2 rings (SSSR count). The Morgan fingerprint density at radius 1 is 0.706 bits per heavy atom. The predicted molar refractivity (Wildman–Crippen MR) is 110 cm³/mol. The number of carbonyl (C=O) groups excluding carboxylic acids is 5. The molecule has 1 aliphatic heterocycles. The van der Waals surface area contributed by atoms with Gasteiger partial charge in [-0.3, -0.25) is 19.2 Å². The topological polar surface area (TPSA) is 150 Å². The molecule has 0 bridgehead atoms. The minimum atomic E-state index is -1.65. The van der Waals surface area contributed by atoms with Crippen LogP contribution < -0.4 is 0 Å². The summed E-state index contributed by atoms with van der Waals surface area (Å²) in [6, 6.07) is 8.75. The summed E-state index contributed by atoms with van der Waals surface area (Å²) >= 11 is 0. The summed E-state index contributed by atoms with van der Waals surface area (Å²) < 4.78 is 36.5. The number of hydrogen-bond donors (Lipinski definition) is 0. The largest absolute Gasteiger partial charge is 0.511 e. The highest BCUT2D eigenvalue weighted by Gasteiger charge is 2.54. The van der Waals surface area contributed by atoms with Crippen LogP contribution >= 0.6 is 0 Å². The van der Waals surface area contributed by atoms with Gasteiger partial charge in [0.15, 0.2) is 12.2 Å². The second-order valence-electron chi connectivity index (χ2n) is 7.21. The summed E-state index contributed by atoms with van der Waals surface area (Å²) in [7, 11) is 0. The van der Waals surface area contributed by atoms with E-state index in [2.05, 4.69) is 0 Å². The molecule has 0 spiro atoms. The van der Waals surface area contributed by atoms with Crippen molar-refractivity contribution in [2.45, 2.75) is 65.0 Å². The molecular formula is C22H26O12. The van der Waals surface area contributed by atoms with Crippen molar-refractivity contribution < 1.29 is 57.1 Å². The number of esters is 4. The third kappa shape index (κ3) is 8.35. The summed E-state index contributed by atoms with van der Waals surface area (Å²) in [6.07, 6.45) is -8.40. The molecule has 0 amide bonds. The fourth-order valence-electron chi connectivity index (χ4n) is 3.13. The molecule has 34 heavy (non-hydrogen) atoms. The lowest BCUT2D eigenvalue weighted by Crippen LogP contribution is -2.63. The van der Waals surface area contributed by atoms with Crippen LogP contribution in [0.5, 0.6) is 0 Å². The van der Waals surface area contributed by atoms with Crippen LogP contribution in [-0.2, 0) is 58.9 Å². The van der Waals surface area contributed by atoms with Gasteiger partial charge in [-0.15, -0.1) is 0 Å². The molecule has 186 valence electrons. The Balaban J connectivity index is 2.29. The summed E-state index contributed by atoms with van der Waals surface area (Å²) in [5.41, 5.74) is 0.681. The zero-order chi connectivity index (χ0) is 25.3. The van der Waals surface area contributed by atoms with E-state index in [0.717, 1.165) is 27.7 Å². The summed E-state index contributed by atoms with van der Waals surface area (Å²) in [6.45, 7) is 3.82. The Morgan fingerprint density at radius 3 is 1.82 bits per heavy atom. The first kappa shape index (κ1) is 26.6. The van der Waals surface area contributed by atoms with Gasteiger partial charge in [-0.25, -0.2) is 4.79 Å². The van der Waals surface area contributed by atoms with Crippen LogP contribution in [0.2, 0.25) is 0 Å². The molecule has 1 aliphatic rings. The third-order valence-electron chi connectivity index (χ3n) is 4.36. The first-order valence-corrected chi connectivity index (χ1v) is 10.2. The fourth-order valence-corrected chi connectivity index (χ4v) is 3.13. The van der Waals surface area contributed by atoms with Gasteiger partial charge in [-0.05, 0) is 5.56 Å². The van der Waals surface area contributed by atoms with Gasteiger partial charge in [0.1, 0.15) is 19.3 Å². The number of benzene rings is 1. The molecule has 0 unspecified atom stereocenters. The van der Waals surface area contributed by atoms with Gasteiger partial charge in [-0.1, -0.05) is 30.3 Å². The van der Waals surface area contributed by atoms with Gasteiger partial charge in [0.25, 0.3) is 0 Å². The van der Waals surface area contributed by atoms with Gasteiger partial charge in [0.05, 0.1) is 0 Å². The predicted octanol–water partition coefficient (Wildman–Crippen LogP) is 1.42. The molecule has 0 radical (unpaired) electrons. The van der Waals surface area contributed by atoms with E-state index in [4.69, 9.17) is 33.2 Å². The van der Waals surface area contributed by atoms with E-state index in [1.165, 1.54) is 0 Å². The van der Waals surface area contributed by atoms with Crippen molar-refractivity contribution in [1.29, 1.82) is 0 Å². The Bertz CT molecular complexity index is 883. The van der Waals surface area contributed by atoms with Crippen molar-refractivity contribution in [2.24, 2.45) is 0 Å². The fraction of sp³-hybridized carbons (Fsp3) is 0.500. The SMILES string of the molecule is CC(=O)OC[C@H]1O[C@@H](OC(=O)OCc2ccccc2)[C@H](OC(C)=O)[C@@H](OC(C)=O)[C@@H]1OC(C)=O. The Labute approximate surface area is 195 Å². The molecule has 5 atom stereocenters. The third-order valence-corrected chi connectivity index (χ3v) is 4.36. The highest BCUT2D eigenvalue weighted by molar-refractivity contribution is 5.69. The number of hydrogen-bond acceptors (Lipinski definition) is 12. The first-order valence-electron chi connectivity index (χ1n) is 10.2. The maximum Gasteiger partial charge on any atom is 0.511 e. The van der Waals surface area contributed by atoms with Crippen molar-refractivity contribution in [3.05, 3.63) is 35.9 Å². The smallest absolute Gasteiger partial charge is 0.463 e. The Hall–Kier alpha value is -3.67. The molecule has 12 nitrogen and oxygen atoms in total. The van der Waals surface area contributed by atoms with Crippen LogP contribution in [0.3, 0.4) is 0 Å². The standard InChI is InChI=1S/C22H26O12/c1-12(23)28-11-17-18(30-13(2)24)19(31-14(3)25)20(32-15(4)26)21(33-17)34-22(27)29-10-16-8-6-5-7-9-16/h5-9,17-21H,10-11H2,1-4H3/t17-,18-,19+,20-,21+/m1/s1. The van der Waals surface area contributed by atoms with Gasteiger partial charge in [-0.2, -0.15) is 0 Å². The number of carbonyl (C=O) groups is 5. The summed E-state index contributed by atoms with van der Waals surface area (Å²) in [5.74, 6) is -3.08. The normalized spacial score (nSPS) is 23.7. The van der Waals surface area contributed by atoms with Crippen LogP contribution in [0.4, 0.5) is 4.79 Å². The summed E-state index contributed by atoms with van der Waals surface area (Å²) in [5, 5.41) is 0. The quantitative estimate of drug-likeness (QED) is 0.389. The molecule has 1 aromatic rings. The van der Waals surface area contributed by atoms with E-state index in [0.29, 0.717) is 5.56 Å². The van der Waals surface area contributed by atoms with Crippen molar-refractivity contribution in [3.8, 4) is 0 Å². The lowest BCUT2D eigenvalue weighted by Gasteiger charge is -2.43. The molecule has 1 saturated heterocycles. The van der Waals surface area contributed by atoms with Crippen molar-refractivity contribution >= 4 is 30.0 Å². The zero-order valence-corrected chi connectivity index (χ0v) is 19.1. The second kappa shape index (κ2) is 12.5. The van der Waals surface area contributed by atoms with E-state index in [1.54, 1.807) is 30.3 Å². The Morgan fingerprint density at radius 2 is 1.26 bits per heavy atom. The molecule has 0 saturated carbocycles. The van der Waals surface area contributed by atoms with E-state index in [-0.39, 0.29) is 6.61 Å². The molecule has 1 heterocycles. The van der Waals surface area contributed by atoms with E-state index in [9.17, 15) is 24.0 Å². The number of ether oxygens (including phenoxy) is 7. The monoisotopic (exact) mass is 482 g/mol. The molecular weight excluding hydrogens is 456 g/mol. The molecule has 0 aliphatic carbocycles. The first-order chi connectivity index (χ1) is 16.1. The molecule has 0 N–H and O–H groups in total. The average molecular weight is 482 g/mol. The number of rotatable bonds is 8. The molecule has 1 fully saturated rings. The molecule has 0 aromatic heterocycles. The van der Waals surface area contributed by atoms with Crippen LogP contribution in [0.15, 0.2) is 30.3 Å². The highest BCUT2D eigenvalue weighted by Crippen LogP contribution is 2.30. The minimum absolute atomic E-state index is 0.120. The average Bonchev–Trinajstić information content (AvgIpc) is 2.75. The van der Waals surface area contributed by atoms with Crippen molar-refractivity contribution in [2.75, 3.05) is 6.61 Å². The molecule has 1 aromatic carbocycles. The lowest BCUT2D eigenvalue weighted by molar-refractivity contribution is -0.297. The van der Waals surface area contributed by atoms with Crippen LogP contribution in [0.1, 0.15) is 33.3 Å². The van der Waals surface area contributed by atoms with Gasteiger partial charge in [0, 0.05) is 27.7 Å². The van der Waals surface area contributed by atoms with Gasteiger partial charge in [0.2, 0.25) is 12.4 Å². The maximum atomic E-state index is 12.3. The van der Waals surface area contributed by atoms with E-state index < -0.39 is 67.3 Å². The van der Waals surface area contributed by atoms with E-state index >= 15 is 0 Å².